The molecule has 3 aromatic rings. The quantitative estimate of drug-likeness (QED) is 0.400. The van der Waals surface area contributed by atoms with Crippen LogP contribution in [0.15, 0.2) is 22.7 Å². The number of fused-ring (bicyclic) bond motifs is 1. The van der Waals surface area contributed by atoms with Crippen LogP contribution < -0.4 is 0 Å². The number of hydrogen-bond donors (Lipinski definition) is 0. The highest BCUT2D eigenvalue weighted by atomic mass is 19.4. The molecule has 0 spiro atoms. The van der Waals surface area contributed by atoms with E-state index in [2.05, 4.69) is 29.1 Å². The number of benzene rings is 1. The molecule has 4 rings (SSSR count). The van der Waals surface area contributed by atoms with Crippen LogP contribution in [0.1, 0.15) is 69.8 Å². The highest BCUT2D eigenvalue weighted by Crippen LogP contribution is 2.40. The van der Waals surface area contributed by atoms with Crippen LogP contribution >= 0.6 is 0 Å². The van der Waals surface area contributed by atoms with Gasteiger partial charge < -0.3 is 9.26 Å². The molecule has 2 heterocycles. The molecule has 1 aliphatic carbocycles. The predicted octanol–water partition coefficient (Wildman–Crippen LogP) is 5.95. The summed E-state index contributed by atoms with van der Waals surface area (Å²) >= 11 is 0. The molecule has 7 nitrogen and oxygen atoms in total. The molecule has 0 N–H and O–H groups in total. The number of alkyl halides is 3. The van der Waals surface area contributed by atoms with E-state index in [0.29, 0.717) is 11.3 Å². The van der Waals surface area contributed by atoms with Crippen molar-refractivity contribution in [1.29, 1.82) is 0 Å². The van der Waals surface area contributed by atoms with Crippen molar-refractivity contribution in [2.45, 2.75) is 78.5 Å². The Balaban J connectivity index is 1.62. The number of esters is 1. The summed E-state index contributed by atoms with van der Waals surface area (Å²) < 4.78 is 54.3. The van der Waals surface area contributed by atoms with Crippen LogP contribution in [-0.2, 0) is 42.0 Å². The number of ether oxygens (including phenoxy) is 1. The van der Waals surface area contributed by atoms with Gasteiger partial charge in [0.1, 0.15) is 5.60 Å². The van der Waals surface area contributed by atoms with Crippen molar-refractivity contribution in [2.75, 3.05) is 0 Å². The van der Waals surface area contributed by atoms with E-state index in [1.54, 1.807) is 25.5 Å². The van der Waals surface area contributed by atoms with Gasteiger partial charge in [0.15, 0.2) is 5.69 Å². The minimum absolute atomic E-state index is 0.0259. The van der Waals surface area contributed by atoms with Gasteiger partial charge in [-0.05, 0) is 63.5 Å². The largest absolute Gasteiger partial charge is 0.460 e. The smallest absolute Gasteiger partial charge is 0.417 e. The highest BCUT2D eigenvalue weighted by Gasteiger charge is 2.36. The first kappa shape index (κ1) is 25.9. The summed E-state index contributed by atoms with van der Waals surface area (Å²) in [5, 5.41) is 8.40. The Kier molecular flexibility index (Phi) is 6.51. The summed E-state index contributed by atoms with van der Waals surface area (Å²) in [5.74, 6) is -0.528. The lowest BCUT2D eigenvalue weighted by Crippen LogP contribution is -2.24. The Morgan fingerprint density at radius 1 is 1.22 bits per heavy atom. The fourth-order valence-electron chi connectivity index (χ4n) is 4.51. The van der Waals surface area contributed by atoms with Gasteiger partial charge in [-0.3, -0.25) is 9.48 Å². The van der Waals surface area contributed by atoms with Crippen LogP contribution in [0.3, 0.4) is 0 Å². The Bertz CT molecular complexity index is 1280. The summed E-state index contributed by atoms with van der Waals surface area (Å²) in [6, 6.07) is 3.88. The fourth-order valence-corrected chi connectivity index (χ4v) is 4.51. The highest BCUT2D eigenvalue weighted by molar-refractivity contribution is 5.70. The Labute approximate surface area is 208 Å². The molecule has 0 atom stereocenters. The second-order valence-electron chi connectivity index (χ2n) is 11.1. The van der Waals surface area contributed by atoms with Crippen molar-refractivity contribution in [3.8, 4) is 23.0 Å². The van der Waals surface area contributed by atoms with Crippen LogP contribution in [0.4, 0.5) is 13.2 Å². The summed E-state index contributed by atoms with van der Waals surface area (Å²) in [6.07, 6.45) is -1.97. The van der Waals surface area contributed by atoms with Crippen molar-refractivity contribution in [3.63, 3.8) is 0 Å². The standard InChI is InChI=1S/C26H31F3N4O3/c1-24(2,3)35-20(34)10-8-15-7-9-16(18(13-15)26(27,28)29)22-30-23(36-32-22)21-17-11-12-25(4,5)14-19(17)33(6)31-21/h7,9,13H,8,10-12,14H2,1-6H3. The first-order valence-corrected chi connectivity index (χ1v) is 11.9. The van der Waals surface area contributed by atoms with Crippen LogP contribution in [-0.4, -0.2) is 31.5 Å². The monoisotopic (exact) mass is 504 g/mol. The molecule has 0 aliphatic heterocycles. The summed E-state index contributed by atoms with van der Waals surface area (Å²) in [7, 11) is 1.85. The van der Waals surface area contributed by atoms with Gasteiger partial charge in [-0.15, -0.1) is 0 Å². The topological polar surface area (TPSA) is 83.0 Å². The number of rotatable bonds is 5. The lowest BCUT2D eigenvalue weighted by molar-refractivity contribution is -0.154. The second-order valence-corrected chi connectivity index (χ2v) is 11.1. The van der Waals surface area contributed by atoms with Crippen molar-refractivity contribution in [2.24, 2.45) is 12.5 Å². The molecule has 0 radical (unpaired) electrons. The van der Waals surface area contributed by atoms with E-state index >= 15 is 0 Å². The minimum Gasteiger partial charge on any atom is -0.460 e. The third-order valence-corrected chi connectivity index (χ3v) is 6.27. The Morgan fingerprint density at radius 3 is 2.61 bits per heavy atom. The predicted molar refractivity (Wildman–Crippen MR) is 127 cm³/mol. The molecule has 0 unspecified atom stereocenters. The zero-order valence-corrected chi connectivity index (χ0v) is 21.4. The number of carbonyl (C=O) groups is 1. The van der Waals surface area contributed by atoms with Gasteiger partial charge in [0.05, 0.1) is 5.56 Å². The van der Waals surface area contributed by atoms with Gasteiger partial charge in [0.25, 0.3) is 5.89 Å². The lowest BCUT2D eigenvalue weighted by Gasteiger charge is -2.29. The Hall–Kier alpha value is -3.17. The number of aromatic nitrogens is 4. The van der Waals surface area contributed by atoms with Gasteiger partial charge in [0.2, 0.25) is 5.82 Å². The molecular formula is C26H31F3N4O3. The average molecular weight is 505 g/mol. The maximum absolute atomic E-state index is 14.0. The third-order valence-electron chi connectivity index (χ3n) is 6.27. The van der Waals surface area contributed by atoms with E-state index in [1.165, 1.54) is 12.1 Å². The van der Waals surface area contributed by atoms with Gasteiger partial charge in [-0.25, -0.2) is 0 Å². The molecule has 0 saturated heterocycles. The molecule has 36 heavy (non-hydrogen) atoms. The first-order chi connectivity index (χ1) is 16.6. The van der Waals surface area contributed by atoms with Crippen LogP contribution in [0.2, 0.25) is 0 Å². The maximum Gasteiger partial charge on any atom is 0.417 e. The molecule has 10 heteroatoms. The number of hydrogen-bond acceptors (Lipinski definition) is 6. The number of halogens is 3. The van der Waals surface area contributed by atoms with Crippen molar-refractivity contribution < 1.29 is 27.2 Å². The molecule has 2 aromatic heterocycles. The van der Waals surface area contributed by atoms with Crippen LogP contribution in [0.5, 0.6) is 0 Å². The summed E-state index contributed by atoms with van der Waals surface area (Å²) in [4.78, 5) is 16.3. The summed E-state index contributed by atoms with van der Waals surface area (Å²) in [6.45, 7) is 9.61. The van der Waals surface area contributed by atoms with Crippen LogP contribution in [0, 0.1) is 5.41 Å². The summed E-state index contributed by atoms with van der Waals surface area (Å²) in [5.41, 5.74) is 1.37. The Morgan fingerprint density at radius 2 is 1.94 bits per heavy atom. The van der Waals surface area contributed by atoms with Gasteiger partial charge in [-0.2, -0.15) is 23.3 Å². The number of nitrogens with zero attached hydrogens (tertiary/aromatic N) is 4. The SMILES string of the molecule is Cn1nc(-c2nc(-c3ccc(CCC(=O)OC(C)(C)C)cc3C(F)(F)F)no2)c2c1CC(C)(C)CC2. The van der Waals surface area contributed by atoms with Crippen molar-refractivity contribution in [3.05, 3.63) is 40.6 Å². The van der Waals surface area contributed by atoms with Gasteiger partial charge >= 0.3 is 12.1 Å². The zero-order valence-electron chi connectivity index (χ0n) is 21.4. The average Bonchev–Trinajstić information content (AvgIpc) is 3.34. The molecule has 0 bridgehead atoms. The minimum atomic E-state index is -4.65. The molecule has 1 aromatic carbocycles. The van der Waals surface area contributed by atoms with E-state index < -0.39 is 23.3 Å². The second kappa shape index (κ2) is 9.05. The number of aryl methyl sites for hydroxylation is 2. The fraction of sp³-hybridized carbons (Fsp3) is 0.538. The van der Waals surface area contributed by atoms with E-state index in [1.807, 2.05) is 7.05 Å². The normalized spacial score (nSPS) is 15.6. The van der Waals surface area contributed by atoms with E-state index in [4.69, 9.17) is 9.26 Å². The van der Waals surface area contributed by atoms with Crippen molar-refractivity contribution in [1.82, 2.24) is 19.9 Å². The molecule has 0 amide bonds. The molecule has 1 aliphatic rings. The third kappa shape index (κ3) is 5.63. The van der Waals surface area contributed by atoms with Gasteiger partial charge in [-0.1, -0.05) is 31.1 Å². The molecule has 0 saturated carbocycles. The van der Waals surface area contributed by atoms with E-state index in [-0.39, 0.29) is 35.5 Å². The molecular weight excluding hydrogens is 473 g/mol. The van der Waals surface area contributed by atoms with Gasteiger partial charge in [0, 0.05) is 30.3 Å². The van der Waals surface area contributed by atoms with Crippen molar-refractivity contribution >= 4 is 5.97 Å². The van der Waals surface area contributed by atoms with Crippen LogP contribution in [0.25, 0.3) is 23.0 Å². The zero-order chi connectivity index (χ0) is 26.5. The number of carbonyl (C=O) groups excluding carboxylic acids is 1. The molecule has 194 valence electrons. The molecule has 0 fully saturated rings. The maximum atomic E-state index is 14.0. The lowest BCUT2D eigenvalue weighted by atomic mass is 9.76. The first-order valence-electron chi connectivity index (χ1n) is 11.9. The van der Waals surface area contributed by atoms with E-state index in [0.717, 1.165) is 36.6 Å². The van der Waals surface area contributed by atoms with E-state index in [9.17, 15) is 18.0 Å².